The maximum atomic E-state index is 12.5. The number of fused-ring (bicyclic) bond motifs is 1. The van der Waals surface area contributed by atoms with E-state index < -0.39 is 0 Å². The highest BCUT2D eigenvalue weighted by atomic mass is 16.2. The molecular weight excluding hydrogens is 326 g/mol. The van der Waals surface area contributed by atoms with E-state index in [0.29, 0.717) is 6.54 Å². The predicted octanol–water partition coefficient (Wildman–Crippen LogP) is 3.10. The second kappa shape index (κ2) is 6.84. The maximum Gasteiger partial charge on any atom is 0.243 e. The summed E-state index contributed by atoms with van der Waals surface area (Å²) in [7, 11) is 0. The van der Waals surface area contributed by atoms with Gasteiger partial charge in [-0.05, 0) is 42.8 Å². The van der Waals surface area contributed by atoms with Crippen LogP contribution >= 0.6 is 0 Å². The van der Waals surface area contributed by atoms with Crippen molar-refractivity contribution >= 4 is 16.9 Å². The van der Waals surface area contributed by atoms with Gasteiger partial charge in [-0.15, -0.1) is 0 Å². The van der Waals surface area contributed by atoms with Gasteiger partial charge in [0.05, 0.1) is 23.0 Å². The summed E-state index contributed by atoms with van der Waals surface area (Å²) in [5.74, 6) is -0.0377. The van der Waals surface area contributed by atoms with Crippen LogP contribution in [0.2, 0.25) is 0 Å². The number of carbonyl (C=O) groups excluding carboxylic acids is 1. The lowest BCUT2D eigenvalue weighted by Gasteiger charge is -2.15. The van der Waals surface area contributed by atoms with E-state index in [1.165, 1.54) is 0 Å². The molecule has 0 saturated heterocycles. The molecular formula is C20H19N5O. The number of aromatic nitrogens is 4. The smallest absolute Gasteiger partial charge is 0.243 e. The second-order valence-electron chi connectivity index (χ2n) is 6.15. The molecule has 6 nitrogen and oxygen atoms in total. The van der Waals surface area contributed by atoms with Gasteiger partial charge >= 0.3 is 0 Å². The van der Waals surface area contributed by atoms with E-state index in [9.17, 15) is 4.79 Å². The average Bonchev–Trinajstić information content (AvgIpc) is 3.36. The van der Waals surface area contributed by atoms with Gasteiger partial charge in [-0.3, -0.25) is 4.79 Å². The van der Waals surface area contributed by atoms with Crippen molar-refractivity contribution in [2.45, 2.75) is 19.5 Å². The Hall–Kier alpha value is -3.41. The number of hydrogen-bond acceptors (Lipinski definition) is 3. The monoisotopic (exact) mass is 345 g/mol. The molecule has 1 N–H and O–H groups in total. The lowest BCUT2D eigenvalue weighted by atomic mass is 10.2. The van der Waals surface area contributed by atoms with Gasteiger partial charge in [0.25, 0.3) is 0 Å². The van der Waals surface area contributed by atoms with Gasteiger partial charge < -0.3 is 9.88 Å². The van der Waals surface area contributed by atoms with E-state index in [0.717, 1.165) is 22.3 Å². The van der Waals surface area contributed by atoms with Gasteiger partial charge in [-0.2, -0.15) is 5.10 Å². The summed E-state index contributed by atoms with van der Waals surface area (Å²) < 4.78 is 3.69. The maximum absolute atomic E-state index is 12.5. The third kappa shape index (κ3) is 3.09. The van der Waals surface area contributed by atoms with E-state index in [4.69, 9.17) is 0 Å². The van der Waals surface area contributed by atoms with Crippen molar-refractivity contribution in [3.8, 4) is 5.69 Å². The molecule has 130 valence electrons. The molecule has 0 fully saturated rings. The molecule has 6 heteroatoms. The summed E-state index contributed by atoms with van der Waals surface area (Å²) in [5.41, 5.74) is 3.88. The molecule has 1 amide bonds. The Morgan fingerprint density at radius 1 is 1.12 bits per heavy atom. The van der Waals surface area contributed by atoms with Gasteiger partial charge in [-0.25, -0.2) is 9.67 Å². The molecule has 0 saturated carbocycles. The molecule has 0 unspecified atom stereocenters. The molecule has 1 atom stereocenters. The Bertz CT molecular complexity index is 1020. The zero-order valence-corrected chi connectivity index (χ0v) is 14.4. The van der Waals surface area contributed by atoms with Crippen molar-refractivity contribution in [2.75, 3.05) is 0 Å². The van der Waals surface area contributed by atoms with Gasteiger partial charge in [0, 0.05) is 18.9 Å². The second-order valence-corrected chi connectivity index (χ2v) is 6.15. The fourth-order valence-electron chi connectivity index (χ4n) is 2.94. The standard InChI is InChI=1S/C20H19N5O/c1-15(24-14-22-18-5-2-3-6-19(18)24)20(26)21-13-16-7-9-17(10-8-16)25-12-4-11-23-25/h2-12,14-15H,13H2,1H3,(H,21,26)/t15-/m1/s1. The van der Waals surface area contributed by atoms with Crippen molar-refractivity contribution in [1.82, 2.24) is 24.6 Å². The van der Waals surface area contributed by atoms with Crippen molar-refractivity contribution < 1.29 is 4.79 Å². The first-order chi connectivity index (χ1) is 12.7. The Morgan fingerprint density at radius 2 is 1.92 bits per heavy atom. The highest BCUT2D eigenvalue weighted by molar-refractivity contribution is 5.83. The Morgan fingerprint density at radius 3 is 2.69 bits per heavy atom. The molecule has 0 bridgehead atoms. The van der Waals surface area contributed by atoms with Gasteiger partial charge in [-0.1, -0.05) is 24.3 Å². The first kappa shape index (κ1) is 16.1. The van der Waals surface area contributed by atoms with E-state index in [1.54, 1.807) is 17.2 Å². The van der Waals surface area contributed by atoms with Crippen molar-refractivity contribution in [3.63, 3.8) is 0 Å². The largest absolute Gasteiger partial charge is 0.350 e. The molecule has 0 radical (unpaired) electrons. The minimum atomic E-state index is -0.328. The van der Waals surface area contributed by atoms with Crippen LogP contribution in [0.25, 0.3) is 16.7 Å². The summed E-state index contributed by atoms with van der Waals surface area (Å²) in [6, 6.07) is 17.3. The Labute approximate surface area is 151 Å². The molecule has 2 heterocycles. The van der Waals surface area contributed by atoms with Gasteiger partial charge in [0.15, 0.2) is 0 Å². The number of carbonyl (C=O) groups is 1. The Balaban J connectivity index is 1.42. The minimum Gasteiger partial charge on any atom is -0.350 e. The van der Waals surface area contributed by atoms with E-state index >= 15 is 0 Å². The zero-order chi connectivity index (χ0) is 17.9. The number of benzene rings is 2. The predicted molar refractivity (Wildman–Crippen MR) is 99.9 cm³/mol. The first-order valence-electron chi connectivity index (χ1n) is 8.50. The number of amides is 1. The van der Waals surface area contributed by atoms with Crippen LogP contribution < -0.4 is 5.32 Å². The van der Waals surface area contributed by atoms with Crippen LogP contribution in [0.5, 0.6) is 0 Å². The zero-order valence-electron chi connectivity index (χ0n) is 14.4. The number of nitrogens with one attached hydrogen (secondary N) is 1. The van der Waals surface area contributed by atoms with Crippen molar-refractivity contribution in [1.29, 1.82) is 0 Å². The molecule has 0 aliphatic heterocycles. The van der Waals surface area contributed by atoms with E-state index in [2.05, 4.69) is 15.4 Å². The Kier molecular flexibility index (Phi) is 4.23. The van der Waals surface area contributed by atoms with Gasteiger partial charge in [0.1, 0.15) is 6.04 Å². The van der Waals surface area contributed by atoms with Crippen LogP contribution in [0, 0.1) is 0 Å². The average molecular weight is 345 g/mol. The van der Waals surface area contributed by atoms with E-state index in [1.807, 2.05) is 72.3 Å². The van der Waals surface area contributed by atoms with Crippen LogP contribution in [0.3, 0.4) is 0 Å². The van der Waals surface area contributed by atoms with Crippen LogP contribution in [-0.4, -0.2) is 25.2 Å². The first-order valence-corrected chi connectivity index (χ1v) is 8.50. The SMILES string of the molecule is C[C@H](C(=O)NCc1ccc(-n2cccn2)cc1)n1cnc2ccccc21. The third-order valence-electron chi connectivity index (χ3n) is 4.45. The molecule has 0 aliphatic rings. The van der Waals surface area contributed by atoms with Crippen LogP contribution in [0.4, 0.5) is 0 Å². The number of imidazole rings is 1. The summed E-state index contributed by atoms with van der Waals surface area (Å²) >= 11 is 0. The summed E-state index contributed by atoms with van der Waals surface area (Å²) in [6.45, 7) is 2.36. The highest BCUT2D eigenvalue weighted by Gasteiger charge is 2.16. The lowest BCUT2D eigenvalue weighted by molar-refractivity contribution is -0.123. The topological polar surface area (TPSA) is 64.7 Å². The molecule has 0 spiro atoms. The number of hydrogen-bond donors (Lipinski definition) is 1. The number of para-hydroxylation sites is 2. The van der Waals surface area contributed by atoms with Crippen LogP contribution in [0.1, 0.15) is 18.5 Å². The lowest BCUT2D eigenvalue weighted by Crippen LogP contribution is -2.30. The third-order valence-corrected chi connectivity index (χ3v) is 4.45. The number of rotatable bonds is 5. The van der Waals surface area contributed by atoms with E-state index in [-0.39, 0.29) is 11.9 Å². The molecule has 0 aliphatic carbocycles. The minimum absolute atomic E-state index is 0.0377. The van der Waals surface area contributed by atoms with Crippen molar-refractivity contribution in [2.24, 2.45) is 0 Å². The molecule has 26 heavy (non-hydrogen) atoms. The fourth-order valence-corrected chi connectivity index (χ4v) is 2.94. The molecule has 4 rings (SSSR count). The van der Waals surface area contributed by atoms with Crippen LogP contribution in [-0.2, 0) is 11.3 Å². The summed E-state index contributed by atoms with van der Waals surface area (Å²) in [4.78, 5) is 16.9. The summed E-state index contributed by atoms with van der Waals surface area (Å²) in [5, 5.41) is 7.20. The fraction of sp³-hybridized carbons (Fsp3) is 0.150. The number of nitrogens with zero attached hydrogens (tertiary/aromatic N) is 4. The normalized spacial score (nSPS) is 12.2. The van der Waals surface area contributed by atoms with Crippen molar-refractivity contribution in [3.05, 3.63) is 78.9 Å². The summed E-state index contributed by atoms with van der Waals surface area (Å²) in [6.07, 6.45) is 5.36. The van der Waals surface area contributed by atoms with Gasteiger partial charge in [0.2, 0.25) is 5.91 Å². The van der Waals surface area contributed by atoms with Crippen LogP contribution in [0.15, 0.2) is 73.3 Å². The molecule has 2 aromatic heterocycles. The molecule has 4 aromatic rings. The molecule has 2 aromatic carbocycles. The highest BCUT2D eigenvalue weighted by Crippen LogP contribution is 2.17. The quantitative estimate of drug-likeness (QED) is 0.604.